The number of benzene rings is 10. The first-order valence-electron chi connectivity index (χ1n) is 30.5. The molecule has 13 aromatic rings. The molecule has 0 bridgehead atoms. The van der Waals surface area contributed by atoms with Gasteiger partial charge in [-0.1, -0.05) is 214 Å². The molecule has 0 unspecified atom stereocenters. The van der Waals surface area contributed by atoms with Gasteiger partial charge in [-0.15, -0.1) is 0 Å². The summed E-state index contributed by atoms with van der Waals surface area (Å²) in [7, 11) is 0. The van der Waals surface area contributed by atoms with E-state index in [0.29, 0.717) is 28.2 Å². The fraction of sp³-hybridized carbons (Fsp3) is 0.0571. The predicted octanol–water partition coefficient (Wildman–Crippen LogP) is 14.9. The fourth-order valence-corrected chi connectivity index (χ4v) is 11.0. The molecule has 0 aliphatic carbocycles. The van der Waals surface area contributed by atoms with Crippen molar-refractivity contribution in [3.05, 3.63) is 267 Å². The molecule has 0 saturated carbocycles. The zero-order valence-corrected chi connectivity index (χ0v) is 42.2. The molecule has 366 valence electrons. The van der Waals surface area contributed by atoms with Crippen LogP contribution in [0.15, 0.2) is 255 Å². The van der Waals surface area contributed by atoms with Crippen molar-refractivity contribution in [1.82, 2.24) is 14.1 Å². The van der Waals surface area contributed by atoms with Crippen molar-refractivity contribution in [1.29, 1.82) is 0 Å². The normalized spacial score (nSPS) is 14.0. The lowest BCUT2D eigenvalue weighted by atomic mass is 9.35. The maximum atomic E-state index is 9.18. The Hall–Kier alpha value is -9.72. The standard InChI is InChI=1S/C70H51BN4O2/c1-70(2,3)49-40-41-72-68(42-49)75-61-35-15-11-29-55(61)56-44-57(54-28-10-12-32-58(54)71-59-33-13-18-38-65(59)77-66-39-19-14-34-60(66)71)67(45-64(56)75)76-51-27-20-26-50(43-51)73-46-74(63-37-17-16-36-62(63)73)69-52(47-22-6-4-7-23-47)30-21-31-53(69)48-24-8-5-9-25-48/h4-45H,1-3H3/i4D,5D,6D,7D,8D,9D,22D,23D,24D,25D. The van der Waals surface area contributed by atoms with Crippen LogP contribution in [-0.2, 0) is 5.41 Å². The zero-order valence-electron chi connectivity index (χ0n) is 52.2. The average molecular weight is 1000 g/mol. The van der Waals surface area contributed by atoms with Crippen molar-refractivity contribution >= 4 is 55.9 Å². The molecule has 0 radical (unpaired) electrons. The van der Waals surface area contributed by atoms with Crippen molar-refractivity contribution in [2.45, 2.75) is 26.2 Å². The van der Waals surface area contributed by atoms with Gasteiger partial charge in [0.15, 0.2) is 0 Å². The van der Waals surface area contributed by atoms with E-state index in [1.54, 1.807) is 22.8 Å². The summed E-state index contributed by atoms with van der Waals surface area (Å²) in [6.45, 7) is 6.36. The third-order valence-electron chi connectivity index (χ3n) is 14.5. The first-order valence-corrected chi connectivity index (χ1v) is 25.5. The van der Waals surface area contributed by atoms with Gasteiger partial charge in [0.25, 0.3) is 13.0 Å². The van der Waals surface area contributed by atoms with Crippen molar-refractivity contribution in [3.8, 4) is 73.6 Å². The number of imidazole rings is 1. The molecule has 77 heavy (non-hydrogen) atoms. The van der Waals surface area contributed by atoms with Crippen LogP contribution < -0.4 is 30.4 Å². The Balaban J connectivity index is 0.993. The molecule has 1 aliphatic heterocycles. The summed E-state index contributed by atoms with van der Waals surface area (Å²) in [5.74, 6) is 3.36. The highest BCUT2D eigenvalue weighted by Gasteiger charge is 2.34. The van der Waals surface area contributed by atoms with E-state index in [-0.39, 0.29) is 40.1 Å². The van der Waals surface area contributed by atoms with E-state index in [2.05, 4.69) is 111 Å². The molecule has 0 N–H and O–H groups in total. The molecular formula is C70H51BN4O2. The summed E-state index contributed by atoms with van der Waals surface area (Å²) in [5.41, 5.74) is 9.66. The monoisotopic (exact) mass is 1000 g/mol. The predicted molar refractivity (Wildman–Crippen MR) is 315 cm³/mol. The van der Waals surface area contributed by atoms with Gasteiger partial charge < -0.3 is 9.47 Å². The third kappa shape index (κ3) is 7.98. The van der Waals surface area contributed by atoms with Crippen LogP contribution in [0.25, 0.3) is 83.4 Å². The van der Waals surface area contributed by atoms with Crippen LogP contribution >= 0.6 is 0 Å². The molecule has 0 atom stereocenters. The lowest BCUT2D eigenvalue weighted by Crippen LogP contribution is -2.55. The summed E-state index contributed by atoms with van der Waals surface area (Å²) in [6, 6.07) is 56.2. The first-order chi connectivity index (χ1) is 42.0. The molecule has 7 heteroatoms. The zero-order chi connectivity index (χ0) is 60.3. The number of rotatable bonds is 9. The van der Waals surface area contributed by atoms with E-state index in [9.17, 15) is 5.48 Å². The van der Waals surface area contributed by atoms with Crippen LogP contribution in [0.4, 0.5) is 0 Å². The third-order valence-corrected chi connectivity index (χ3v) is 14.5. The molecule has 0 spiro atoms. The lowest BCUT2D eigenvalue weighted by molar-refractivity contribution is -0.571. The van der Waals surface area contributed by atoms with Gasteiger partial charge in [0, 0.05) is 28.6 Å². The topological polar surface area (TPSA) is 45.1 Å². The average Bonchev–Trinajstić information content (AvgIpc) is 1.76. The van der Waals surface area contributed by atoms with Gasteiger partial charge in [-0.3, -0.25) is 13.7 Å². The van der Waals surface area contributed by atoms with Gasteiger partial charge in [0.05, 0.1) is 47.1 Å². The maximum Gasteiger partial charge on any atom is 0.269 e. The number of nitrogens with zero attached hydrogens (tertiary/aromatic N) is 4. The van der Waals surface area contributed by atoms with E-state index in [1.165, 1.54) is 0 Å². The number of hydrogen-bond donors (Lipinski definition) is 0. The van der Waals surface area contributed by atoms with Gasteiger partial charge >= 0.3 is 0 Å². The molecule has 3 aromatic heterocycles. The Bertz CT molecular complexity index is 4840. The van der Waals surface area contributed by atoms with Crippen LogP contribution in [0.2, 0.25) is 0 Å². The second kappa shape index (κ2) is 18.6. The van der Waals surface area contributed by atoms with E-state index in [0.717, 1.165) is 72.2 Å². The smallest absolute Gasteiger partial charge is 0.269 e. The minimum Gasteiger partial charge on any atom is -0.458 e. The van der Waals surface area contributed by atoms with Crippen LogP contribution in [0, 0.1) is 6.33 Å². The molecule has 10 aromatic carbocycles. The fourth-order valence-electron chi connectivity index (χ4n) is 11.0. The minimum absolute atomic E-state index is 0.144. The van der Waals surface area contributed by atoms with Gasteiger partial charge in [-0.2, -0.15) is 0 Å². The summed E-state index contributed by atoms with van der Waals surface area (Å²) >= 11 is 0. The Morgan fingerprint density at radius 1 is 0.545 bits per heavy atom. The molecule has 14 rings (SSSR count). The van der Waals surface area contributed by atoms with Crippen molar-refractivity contribution < 1.29 is 27.7 Å². The van der Waals surface area contributed by atoms with E-state index >= 15 is 0 Å². The Kier molecular flexibility index (Phi) is 8.75. The highest BCUT2D eigenvalue weighted by atomic mass is 16.5. The number of para-hydroxylation sites is 6. The van der Waals surface area contributed by atoms with Crippen molar-refractivity contribution in [2.75, 3.05) is 0 Å². The molecule has 1 aliphatic rings. The Labute approximate surface area is 462 Å². The van der Waals surface area contributed by atoms with Crippen molar-refractivity contribution in [2.24, 2.45) is 0 Å². The van der Waals surface area contributed by atoms with E-state index in [1.807, 2.05) is 102 Å². The molecule has 6 nitrogen and oxygen atoms in total. The number of aromatic nitrogens is 4. The maximum absolute atomic E-state index is 9.18. The van der Waals surface area contributed by atoms with E-state index in [4.69, 9.17) is 22.7 Å². The molecule has 0 saturated heterocycles. The number of ether oxygens (including phenoxy) is 2. The number of fused-ring (bicyclic) bond motifs is 6. The van der Waals surface area contributed by atoms with Gasteiger partial charge in [0.2, 0.25) is 0 Å². The van der Waals surface area contributed by atoms with Gasteiger partial charge in [-0.25, -0.2) is 4.98 Å². The largest absolute Gasteiger partial charge is 0.458 e. The SMILES string of the molecule is [2H]c1c([2H])c([2H])c(-c2cccc(-c3c([2H])c([2H])c([2H])c([2H])c3[2H])c2-[n+]2[c-]n(-c3cccc(Oc4cc5c(cc4-c4ccccc4B4c6ccccc6Oc6ccccc64)c4ccccc4n5-c4cc(C(C)(C)C)ccn4)c3)c3ccccc32)c([2H])c1[2H]. The highest BCUT2D eigenvalue weighted by molar-refractivity contribution is 6.97. The second-order valence-corrected chi connectivity index (χ2v) is 20.1. The molecule has 4 heterocycles. The summed E-state index contributed by atoms with van der Waals surface area (Å²) < 4.78 is 108. The van der Waals surface area contributed by atoms with Gasteiger partial charge in [-0.05, 0) is 104 Å². The van der Waals surface area contributed by atoms with Crippen LogP contribution in [0.1, 0.15) is 40.0 Å². The molecular weight excluding hydrogens is 940 g/mol. The van der Waals surface area contributed by atoms with Crippen LogP contribution in [-0.4, -0.2) is 20.8 Å². The van der Waals surface area contributed by atoms with Crippen molar-refractivity contribution in [3.63, 3.8) is 0 Å². The Morgan fingerprint density at radius 3 is 1.87 bits per heavy atom. The minimum atomic E-state index is -0.576. The summed E-state index contributed by atoms with van der Waals surface area (Å²) in [6.07, 6.45) is 5.39. The number of hydrogen-bond acceptors (Lipinski definition) is 3. The quantitative estimate of drug-likeness (QED) is 0.0822. The number of pyridine rings is 1. The summed E-state index contributed by atoms with van der Waals surface area (Å²) in [5, 5.41) is 2.03. The molecule has 0 amide bonds. The summed E-state index contributed by atoms with van der Waals surface area (Å²) in [4.78, 5) is 5.00. The lowest BCUT2D eigenvalue weighted by Gasteiger charge is -2.28. The Morgan fingerprint density at radius 2 is 1.16 bits per heavy atom. The van der Waals surface area contributed by atoms with Gasteiger partial charge in [0.1, 0.15) is 28.8 Å². The van der Waals surface area contributed by atoms with Crippen LogP contribution in [0.3, 0.4) is 0 Å². The van der Waals surface area contributed by atoms with E-state index < -0.39 is 60.4 Å². The van der Waals surface area contributed by atoms with Crippen LogP contribution in [0.5, 0.6) is 23.0 Å². The first kappa shape index (κ1) is 36.3. The molecule has 0 fully saturated rings. The second-order valence-electron chi connectivity index (χ2n) is 20.1. The highest BCUT2D eigenvalue weighted by Crippen LogP contribution is 2.43.